The highest BCUT2D eigenvalue weighted by Crippen LogP contribution is 2.40. The molecular formula is C23H23Cl2FN6O3. The molecule has 1 aromatic carbocycles. The van der Waals surface area contributed by atoms with Gasteiger partial charge in [-0.05, 0) is 44.9 Å². The number of carbonyl (C=O) groups is 2. The lowest BCUT2D eigenvalue weighted by molar-refractivity contribution is -0.124. The molecule has 3 aromatic rings. The third-order valence-corrected chi connectivity index (χ3v) is 6.11. The Labute approximate surface area is 211 Å². The molecule has 0 spiro atoms. The standard InChI is InChI=1S/C23H23Cl2FN6O3/c1-4-35-20-15(8-14(24)9-16(20)25)13-7-17(26)19(27-10-13)12(2)28-22(34)23(5-6-23)29-21(33)18-11-32(3)31-30-18/h7-12H,4-6H2,1-3H3,(H,28,34)(H,29,33)/t12-/m1/s1. The lowest BCUT2D eigenvalue weighted by Gasteiger charge is -2.21. The highest BCUT2D eigenvalue weighted by molar-refractivity contribution is 6.36. The molecule has 0 aliphatic heterocycles. The average molecular weight is 521 g/mol. The maximum Gasteiger partial charge on any atom is 0.274 e. The van der Waals surface area contributed by atoms with E-state index in [2.05, 4.69) is 25.9 Å². The molecule has 2 N–H and O–H groups in total. The number of ether oxygens (including phenoxy) is 1. The van der Waals surface area contributed by atoms with E-state index in [0.29, 0.717) is 46.4 Å². The summed E-state index contributed by atoms with van der Waals surface area (Å²) in [7, 11) is 1.64. The quantitative estimate of drug-likeness (QED) is 0.466. The SMILES string of the molecule is CCOc1c(Cl)cc(Cl)cc1-c1cnc([C@@H](C)NC(=O)C2(NC(=O)c3cn(C)nn3)CC2)c(F)c1. The van der Waals surface area contributed by atoms with Crippen molar-refractivity contribution in [3.63, 3.8) is 0 Å². The van der Waals surface area contributed by atoms with Crippen molar-refractivity contribution in [1.82, 2.24) is 30.6 Å². The van der Waals surface area contributed by atoms with Gasteiger partial charge in [-0.2, -0.15) is 0 Å². The molecule has 1 aliphatic carbocycles. The predicted octanol–water partition coefficient (Wildman–Crippen LogP) is 3.86. The predicted molar refractivity (Wildman–Crippen MR) is 128 cm³/mol. The monoisotopic (exact) mass is 520 g/mol. The third kappa shape index (κ3) is 5.23. The second-order valence-corrected chi connectivity index (χ2v) is 9.14. The van der Waals surface area contributed by atoms with Crippen LogP contribution in [0.1, 0.15) is 48.9 Å². The molecule has 35 heavy (non-hydrogen) atoms. The molecule has 9 nitrogen and oxygen atoms in total. The maximum absolute atomic E-state index is 15.1. The molecular weight excluding hydrogens is 498 g/mol. The van der Waals surface area contributed by atoms with Crippen molar-refractivity contribution in [3.05, 3.63) is 57.8 Å². The van der Waals surface area contributed by atoms with Crippen LogP contribution in [0.3, 0.4) is 0 Å². The fourth-order valence-electron chi connectivity index (χ4n) is 3.65. The smallest absolute Gasteiger partial charge is 0.274 e. The Kier molecular flexibility index (Phi) is 6.95. The molecule has 184 valence electrons. The van der Waals surface area contributed by atoms with Gasteiger partial charge < -0.3 is 15.4 Å². The van der Waals surface area contributed by atoms with E-state index in [1.54, 1.807) is 26.1 Å². The minimum Gasteiger partial charge on any atom is -0.492 e. The van der Waals surface area contributed by atoms with Crippen LogP contribution in [-0.4, -0.2) is 43.9 Å². The van der Waals surface area contributed by atoms with Crippen LogP contribution in [0.25, 0.3) is 11.1 Å². The van der Waals surface area contributed by atoms with Crippen LogP contribution >= 0.6 is 23.2 Å². The molecule has 2 amide bonds. The second kappa shape index (κ2) is 9.79. The van der Waals surface area contributed by atoms with Crippen LogP contribution in [-0.2, 0) is 11.8 Å². The Morgan fingerprint density at radius 1 is 1.29 bits per heavy atom. The topological polar surface area (TPSA) is 111 Å². The van der Waals surface area contributed by atoms with Gasteiger partial charge in [-0.3, -0.25) is 19.3 Å². The Morgan fingerprint density at radius 3 is 2.63 bits per heavy atom. The number of amides is 2. The highest BCUT2D eigenvalue weighted by atomic mass is 35.5. The van der Waals surface area contributed by atoms with E-state index in [1.165, 1.54) is 23.1 Å². The highest BCUT2D eigenvalue weighted by Gasteiger charge is 2.52. The molecule has 2 aromatic heterocycles. The molecule has 4 rings (SSSR count). The first-order valence-electron chi connectivity index (χ1n) is 10.9. The largest absolute Gasteiger partial charge is 0.492 e. The first-order valence-corrected chi connectivity index (χ1v) is 11.7. The molecule has 1 aliphatic rings. The van der Waals surface area contributed by atoms with Crippen LogP contribution in [0.2, 0.25) is 10.0 Å². The van der Waals surface area contributed by atoms with Gasteiger partial charge in [-0.1, -0.05) is 28.4 Å². The van der Waals surface area contributed by atoms with Gasteiger partial charge in [0.2, 0.25) is 5.91 Å². The number of pyridine rings is 1. The molecule has 0 radical (unpaired) electrons. The Morgan fingerprint density at radius 2 is 2.03 bits per heavy atom. The van der Waals surface area contributed by atoms with Crippen molar-refractivity contribution in [2.24, 2.45) is 7.05 Å². The van der Waals surface area contributed by atoms with Gasteiger partial charge in [0.05, 0.1) is 29.6 Å². The van der Waals surface area contributed by atoms with Gasteiger partial charge in [0.1, 0.15) is 17.1 Å². The van der Waals surface area contributed by atoms with E-state index >= 15 is 4.39 Å². The minimum atomic E-state index is -1.07. The zero-order chi connectivity index (χ0) is 25.3. The van der Waals surface area contributed by atoms with Gasteiger partial charge in [-0.25, -0.2) is 4.39 Å². The number of halogens is 3. The first-order chi connectivity index (χ1) is 16.6. The van der Waals surface area contributed by atoms with E-state index in [-0.39, 0.29) is 11.4 Å². The maximum atomic E-state index is 15.1. The molecule has 1 saturated carbocycles. The van der Waals surface area contributed by atoms with Gasteiger partial charge in [-0.15, -0.1) is 5.10 Å². The number of nitrogens with one attached hydrogen (secondary N) is 2. The van der Waals surface area contributed by atoms with Crippen LogP contribution in [0.4, 0.5) is 4.39 Å². The number of aryl methyl sites for hydroxylation is 1. The van der Waals surface area contributed by atoms with Crippen molar-refractivity contribution in [3.8, 4) is 16.9 Å². The summed E-state index contributed by atoms with van der Waals surface area (Å²) >= 11 is 12.4. The van der Waals surface area contributed by atoms with Crippen molar-refractivity contribution in [1.29, 1.82) is 0 Å². The van der Waals surface area contributed by atoms with Crippen molar-refractivity contribution in [2.75, 3.05) is 6.61 Å². The molecule has 0 saturated heterocycles. The summed E-state index contributed by atoms with van der Waals surface area (Å²) in [4.78, 5) is 29.6. The Balaban J connectivity index is 1.50. The minimum absolute atomic E-state index is 0.0456. The van der Waals surface area contributed by atoms with Crippen molar-refractivity contribution in [2.45, 2.75) is 38.3 Å². The van der Waals surface area contributed by atoms with Crippen LogP contribution in [0.5, 0.6) is 5.75 Å². The number of rotatable bonds is 8. The summed E-state index contributed by atoms with van der Waals surface area (Å²) in [5.41, 5.74) is 0.0123. The molecule has 2 heterocycles. The molecule has 0 unspecified atom stereocenters. The summed E-state index contributed by atoms with van der Waals surface area (Å²) in [6.07, 6.45) is 3.84. The molecule has 1 fully saturated rings. The van der Waals surface area contributed by atoms with E-state index in [1.807, 2.05) is 6.92 Å². The third-order valence-electron chi connectivity index (χ3n) is 5.61. The number of carbonyl (C=O) groups excluding carboxylic acids is 2. The van der Waals surface area contributed by atoms with Crippen LogP contribution in [0.15, 0.2) is 30.6 Å². The van der Waals surface area contributed by atoms with Crippen LogP contribution in [0, 0.1) is 5.82 Å². The summed E-state index contributed by atoms with van der Waals surface area (Å²) in [6.45, 7) is 3.79. The number of benzene rings is 1. The van der Waals surface area contributed by atoms with Crippen molar-refractivity contribution >= 4 is 35.0 Å². The Hall–Kier alpha value is -3.24. The summed E-state index contributed by atoms with van der Waals surface area (Å²) in [6, 6.07) is 3.70. The summed E-state index contributed by atoms with van der Waals surface area (Å²) < 4.78 is 22.1. The zero-order valence-corrected chi connectivity index (χ0v) is 20.7. The van der Waals surface area contributed by atoms with Gasteiger partial charge in [0.25, 0.3) is 5.91 Å². The summed E-state index contributed by atoms with van der Waals surface area (Å²) in [5, 5.41) is 13.6. The first kappa shape index (κ1) is 24.9. The molecule has 1 atom stereocenters. The fourth-order valence-corrected chi connectivity index (χ4v) is 4.20. The van der Waals surface area contributed by atoms with E-state index in [4.69, 9.17) is 27.9 Å². The van der Waals surface area contributed by atoms with E-state index in [0.717, 1.165) is 0 Å². The van der Waals surface area contributed by atoms with E-state index in [9.17, 15) is 9.59 Å². The second-order valence-electron chi connectivity index (χ2n) is 8.30. The average Bonchev–Trinajstić information content (AvgIpc) is 3.45. The molecule has 0 bridgehead atoms. The van der Waals surface area contributed by atoms with Crippen LogP contribution < -0.4 is 15.4 Å². The lowest BCUT2D eigenvalue weighted by Crippen LogP contribution is -2.49. The molecule has 12 heteroatoms. The van der Waals surface area contributed by atoms with E-state index < -0.39 is 29.2 Å². The normalized spacial score (nSPS) is 14.8. The lowest BCUT2D eigenvalue weighted by atomic mass is 10.0. The van der Waals surface area contributed by atoms with Gasteiger partial charge in [0, 0.05) is 29.4 Å². The number of hydrogen-bond donors (Lipinski definition) is 2. The van der Waals surface area contributed by atoms with Gasteiger partial charge in [0.15, 0.2) is 5.69 Å². The Bertz CT molecular complexity index is 1290. The zero-order valence-electron chi connectivity index (χ0n) is 19.2. The number of aromatic nitrogens is 4. The number of nitrogens with zero attached hydrogens (tertiary/aromatic N) is 4. The van der Waals surface area contributed by atoms with Crippen molar-refractivity contribution < 1.29 is 18.7 Å². The fraction of sp³-hybridized carbons (Fsp3) is 0.348. The van der Waals surface area contributed by atoms with Gasteiger partial charge >= 0.3 is 0 Å². The number of hydrogen-bond acceptors (Lipinski definition) is 6. The summed E-state index contributed by atoms with van der Waals surface area (Å²) in [5.74, 6) is -1.17.